The zero-order valence-electron chi connectivity index (χ0n) is 15.2. The zero-order valence-corrected chi connectivity index (χ0v) is 15.9. The molecule has 27 heavy (non-hydrogen) atoms. The number of carbonyl (C=O) groups is 1. The molecule has 0 saturated carbocycles. The highest BCUT2D eigenvalue weighted by atomic mass is 35.5. The molecule has 0 bridgehead atoms. The summed E-state index contributed by atoms with van der Waals surface area (Å²) in [7, 11) is 1.50. The first-order valence-electron chi connectivity index (χ1n) is 8.09. The number of halogens is 1. The molecule has 140 valence electrons. The van der Waals surface area contributed by atoms with Gasteiger partial charge in [-0.15, -0.1) is 6.42 Å². The van der Waals surface area contributed by atoms with Crippen LogP contribution in [0.2, 0.25) is 5.02 Å². The number of carboxylic acids is 1. The van der Waals surface area contributed by atoms with E-state index in [9.17, 15) is 9.90 Å². The van der Waals surface area contributed by atoms with E-state index < -0.39 is 5.97 Å². The minimum Gasteiger partial charge on any atom is -0.493 e. The van der Waals surface area contributed by atoms with Crippen molar-refractivity contribution in [1.29, 1.82) is 0 Å². The van der Waals surface area contributed by atoms with E-state index in [-0.39, 0.29) is 18.1 Å². The van der Waals surface area contributed by atoms with E-state index in [1.807, 2.05) is 13.8 Å². The maximum atomic E-state index is 11.3. The van der Waals surface area contributed by atoms with Crippen molar-refractivity contribution in [2.45, 2.75) is 19.8 Å². The Balaban J connectivity index is 2.35. The van der Waals surface area contributed by atoms with Crippen molar-refractivity contribution in [3.05, 3.63) is 46.0 Å². The van der Waals surface area contributed by atoms with Gasteiger partial charge in [0.2, 0.25) is 0 Å². The van der Waals surface area contributed by atoms with Crippen LogP contribution in [0.3, 0.4) is 0 Å². The molecule has 1 N–H and O–H groups in total. The molecule has 0 unspecified atom stereocenters. The molecule has 0 aliphatic heterocycles. The molecule has 0 amide bonds. The van der Waals surface area contributed by atoms with Gasteiger partial charge in [-0.25, -0.2) is 14.8 Å². The summed E-state index contributed by atoms with van der Waals surface area (Å²) >= 11 is 6.25. The fraction of sp³-hybridized carbons (Fsp3) is 0.250. The third-order valence-electron chi connectivity index (χ3n) is 3.59. The van der Waals surface area contributed by atoms with Crippen molar-refractivity contribution in [2.75, 3.05) is 13.7 Å². The molecule has 0 aliphatic carbocycles. The van der Waals surface area contributed by atoms with Gasteiger partial charge in [0.15, 0.2) is 17.3 Å². The number of ether oxygens (including phenoxy) is 2. The Kier molecular flexibility index (Phi) is 6.80. The van der Waals surface area contributed by atoms with Crippen LogP contribution in [0, 0.1) is 12.3 Å². The van der Waals surface area contributed by atoms with Crippen LogP contribution in [-0.4, -0.2) is 34.8 Å². The molecule has 0 atom stereocenters. The van der Waals surface area contributed by atoms with Crippen LogP contribution in [0.25, 0.3) is 12.2 Å². The number of hydrogen-bond acceptors (Lipinski definition) is 5. The quantitative estimate of drug-likeness (QED) is 0.720. The first kappa shape index (κ1) is 20.3. The Labute approximate surface area is 162 Å². The molecular weight excluding hydrogens is 368 g/mol. The number of aromatic carboxylic acids is 1. The van der Waals surface area contributed by atoms with Gasteiger partial charge in [0, 0.05) is 6.20 Å². The van der Waals surface area contributed by atoms with Crippen molar-refractivity contribution in [2.24, 2.45) is 0 Å². The second kappa shape index (κ2) is 9.06. The highest BCUT2D eigenvalue weighted by molar-refractivity contribution is 6.32. The largest absolute Gasteiger partial charge is 0.493 e. The molecule has 0 radical (unpaired) electrons. The van der Waals surface area contributed by atoms with Gasteiger partial charge in [0.25, 0.3) is 0 Å². The van der Waals surface area contributed by atoms with Crippen molar-refractivity contribution < 1.29 is 19.4 Å². The summed E-state index contributed by atoms with van der Waals surface area (Å²) in [4.78, 5) is 19.7. The van der Waals surface area contributed by atoms with Gasteiger partial charge in [-0.3, -0.25) is 0 Å². The van der Waals surface area contributed by atoms with E-state index >= 15 is 0 Å². The monoisotopic (exact) mass is 386 g/mol. The number of hydrogen-bond donors (Lipinski definition) is 1. The molecule has 0 spiro atoms. The Morgan fingerprint density at radius 1 is 1.41 bits per heavy atom. The van der Waals surface area contributed by atoms with Crippen molar-refractivity contribution >= 4 is 29.7 Å². The normalized spacial score (nSPS) is 10.8. The Morgan fingerprint density at radius 2 is 2.15 bits per heavy atom. The minimum absolute atomic E-state index is 0.0478. The lowest BCUT2D eigenvalue weighted by molar-refractivity contribution is 0.0694. The predicted octanol–water partition coefficient (Wildman–Crippen LogP) is 4.14. The first-order chi connectivity index (χ1) is 12.9. The molecular formula is C20H19ClN2O4. The Morgan fingerprint density at radius 3 is 2.74 bits per heavy atom. The molecule has 0 aliphatic rings. The van der Waals surface area contributed by atoms with E-state index in [0.29, 0.717) is 28.0 Å². The molecule has 0 fully saturated rings. The summed E-state index contributed by atoms with van der Waals surface area (Å²) in [6.45, 7) is 3.83. The van der Waals surface area contributed by atoms with Crippen LogP contribution in [0.1, 0.15) is 47.2 Å². The molecule has 2 rings (SSSR count). The minimum atomic E-state index is -1.05. The topological polar surface area (TPSA) is 81.5 Å². The average molecular weight is 387 g/mol. The molecule has 7 heteroatoms. The maximum Gasteiger partial charge on any atom is 0.339 e. The molecule has 1 aromatic heterocycles. The number of aromatic nitrogens is 2. The first-order valence-corrected chi connectivity index (χ1v) is 8.47. The SMILES string of the molecule is C#CCOc1c(Cl)cc(/C=C/c2ncc(C(=O)O)c(C(C)C)n2)cc1OC. The van der Waals surface area contributed by atoms with Gasteiger partial charge in [-0.1, -0.05) is 37.4 Å². The number of terminal acetylenes is 1. The summed E-state index contributed by atoms with van der Waals surface area (Å²) in [6.07, 6.45) is 9.94. The van der Waals surface area contributed by atoms with Crippen LogP contribution in [-0.2, 0) is 0 Å². The fourth-order valence-electron chi connectivity index (χ4n) is 2.36. The number of methoxy groups -OCH3 is 1. The molecule has 1 heterocycles. The third kappa shape index (κ3) is 4.99. The molecule has 2 aromatic rings. The van der Waals surface area contributed by atoms with Gasteiger partial charge in [-0.2, -0.15) is 0 Å². The van der Waals surface area contributed by atoms with Crippen molar-refractivity contribution in [1.82, 2.24) is 9.97 Å². The zero-order chi connectivity index (χ0) is 20.0. The summed E-state index contributed by atoms with van der Waals surface area (Å²) in [5.74, 6) is 2.49. The lowest BCUT2D eigenvalue weighted by Gasteiger charge is -2.11. The lowest BCUT2D eigenvalue weighted by Crippen LogP contribution is -2.08. The van der Waals surface area contributed by atoms with E-state index in [1.165, 1.54) is 13.3 Å². The van der Waals surface area contributed by atoms with Gasteiger partial charge >= 0.3 is 5.97 Å². The Bertz CT molecular complexity index is 917. The van der Waals surface area contributed by atoms with E-state index in [1.54, 1.807) is 24.3 Å². The van der Waals surface area contributed by atoms with Crippen LogP contribution in [0.15, 0.2) is 18.3 Å². The van der Waals surface area contributed by atoms with Crippen LogP contribution in [0.4, 0.5) is 0 Å². The number of benzene rings is 1. The number of rotatable bonds is 7. The second-order valence-electron chi connectivity index (χ2n) is 5.85. The highest BCUT2D eigenvalue weighted by Crippen LogP contribution is 2.36. The smallest absolute Gasteiger partial charge is 0.339 e. The third-order valence-corrected chi connectivity index (χ3v) is 3.87. The van der Waals surface area contributed by atoms with Gasteiger partial charge in [0.05, 0.1) is 23.4 Å². The van der Waals surface area contributed by atoms with Gasteiger partial charge < -0.3 is 14.6 Å². The molecule has 6 nitrogen and oxygen atoms in total. The number of nitrogens with zero attached hydrogens (tertiary/aromatic N) is 2. The lowest BCUT2D eigenvalue weighted by atomic mass is 10.1. The van der Waals surface area contributed by atoms with Gasteiger partial charge in [-0.05, 0) is 29.7 Å². The molecule has 1 aromatic carbocycles. The highest BCUT2D eigenvalue weighted by Gasteiger charge is 2.16. The number of carboxylic acid groups (broad SMARTS) is 1. The van der Waals surface area contributed by atoms with E-state index in [4.69, 9.17) is 27.5 Å². The van der Waals surface area contributed by atoms with Crippen molar-refractivity contribution in [3.8, 4) is 23.8 Å². The van der Waals surface area contributed by atoms with Crippen molar-refractivity contribution in [3.63, 3.8) is 0 Å². The maximum absolute atomic E-state index is 11.3. The van der Waals surface area contributed by atoms with E-state index in [0.717, 1.165) is 5.56 Å². The average Bonchev–Trinajstić information content (AvgIpc) is 2.64. The van der Waals surface area contributed by atoms with Gasteiger partial charge in [0.1, 0.15) is 6.61 Å². The summed E-state index contributed by atoms with van der Waals surface area (Å²) in [6, 6.07) is 3.44. The van der Waals surface area contributed by atoms with Crippen LogP contribution < -0.4 is 9.47 Å². The summed E-state index contributed by atoms with van der Waals surface area (Å²) in [5, 5.41) is 9.59. The molecule has 0 saturated heterocycles. The van der Waals surface area contributed by atoms with Crippen LogP contribution >= 0.6 is 11.6 Å². The van der Waals surface area contributed by atoms with Crippen LogP contribution in [0.5, 0.6) is 11.5 Å². The fourth-order valence-corrected chi connectivity index (χ4v) is 2.63. The summed E-state index contributed by atoms with van der Waals surface area (Å²) < 4.78 is 10.7. The standard InChI is InChI=1S/C20H19ClN2O4/c1-5-8-27-19-15(21)9-13(10-16(19)26-4)6-7-17-22-11-14(20(24)25)18(23-17)12(2)3/h1,6-7,9-12H,8H2,2-4H3,(H,24,25)/b7-6+. The predicted molar refractivity (Wildman–Crippen MR) is 104 cm³/mol. The second-order valence-corrected chi connectivity index (χ2v) is 6.25. The van der Waals surface area contributed by atoms with E-state index in [2.05, 4.69) is 15.9 Å². The summed E-state index contributed by atoms with van der Waals surface area (Å²) in [5.41, 5.74) is 1.31. The Hall–Kier alpha value is -3.04.